The Morgan fingerprint density at radius 1 is 1.43 bits per heavy atom. The van der Waals surface area contributed by atoms with E-state index in [-0.39, 0.29) is 22.6 Å². The van der Waals surface area contributed by atoms with E-state index in [1.54, 1.807) is 33.8 Å². The fourth-order valence-electron chi connectivity index (χ4n) is 2.15. The summed E-state index contributed by atoms with van der Waals surface area (Å²) in [6.07, 6.45) is 0.150. The van der Waals surface area contributed by atoms with E-state index in [2.05, 4.69) is 10.5 Å². The van der Waals surface area contributed by atoms with Gasteiger partial charge in [0.05, 0.1) is 22.4 Å². The van der Waals surface area contributed by atoms with Crippen LogP contribution in [-0.2, 0) is 14.4 Å². The Bertz CT molecular complexity index is 672. The van der Waals surface area contributed by atoms with Gasteiger partial charge in [0, 0.05) is 12.1 Å². The number of carbonyl (C=O) groups excluding carboxylic acids is 2. The van der Waals surface area contributed by atoms with E-state index in [0.717, 1.165) is 5.71 Å². The third-order valence-electron chi connectivity index (χ3n) is 3.26. The molecule has 0 aromatic heterocycles. The molecule has 7 heteroatoms. The first-order valence-electron chi connectivity index (χ1n) is 7.25. The van der Waals surface area contributed by atoms with Crippen LogP contribution in [0.1, 0.15) is 44.5 Å². The second-order valence-corrected chi connectivity index (χ2v) is 6.34. The van der Waals surface area contributed by atoms with Gasteiger partial charge < -0.3 is 14.9 Å². The molecule has 1 aliphatic heterocycles. The molecule has 1 heterocycles. The van der Waals surface area contributed by atoms with Gasteiger partial charge in [-0.15, -0.1) is 0 Å². The highest BCUT2D eigenvalue weighted by Gasteiger charge is 2.40. The van der Waals surface area contributed by atoms with Crippen LogP contribution in [0.15, 0.2) is 23.4 Å². The van der Waals surface area contributed by atoms with Gasteiger partial charge in [-0.25, -0.2) is 4.79 Å². The van der Waals surface area contributed by atoms with Crippen LogP contribution in [0.5, 0.6) is 0 Å². The largest absolute Gasteiger partial charge is 0.459 e. The van der Waals surface area contributed by atoms with Crippen LogP contribution in [0.3, 0.4) is 0 Å². The van der Waals surface area contributed by atoms with Crippen LogP contribution in [-0.4, -0.2) is 29.3 Å². The molecular weight excluding hydrogens is 320 g/mol. The number of benzene rings is 1. The van der Waals surface area contributed by atoms with Crippen molar-refractivity contribution in [2.45, 2.75) is 45.8 Å². The fourth-order valence-corrected chi connectivity index (χ4v) is 2.35. The molecule has 1 aromatic rings. The number of anilines is 1. The van der Waals surface area contributed by atoms with Gasteiger partial charge in [-0.3, -0.25) is 4.79 Å². The summed E-state index contributed by atoms with van der Waals surface area (Å²) < 4.78 is 5.13. The predicted octanol–water partition coefficient (Wildman–Crippen LogP) is 3.40. The summed E-state index contributed by atoms with van der Waals surface area (Å²) in [5.74, 6) is -0.882. The van der Waals surface area contributed by atoms with Crippen molar-refractivity contribution in [3.8, 4) is 0 Å². The summed E-state index contributed by atoms with van der Waals surface area (Å²) in [5.41, 5.74) is 0.329. The number of nitrogens with zero attached hydrogens (tertiary/aromatic N) is 1. The number of oxime groups is 1. The van der Waals surface area contributed by atoms with Gasteiger partial charge in [-0.2, -0.15) is 0 Å². The number of rotatable bonds is 4. The predicted molar refractivity (Wildman–Crippen MR) is 87.8 cm³/mol. The third kappa shape index (κ3) is 4.01. The van der Waals surface area contributed by atoms with Crippen LogP contribution in [0.2, 0.25) is 5.02 Å². The van der Waals surface area contributed by atoms with Crippen molar-refractivity contribution < 1.29 is 19.2 Å². The molecule has 0 spiro atoms. The molecular formula is C16H19ClN2O4. The Morgan fingerprint density at radius 2 is 2.13 bits per heavy atom. The van der Waals surface area contributed by atoms with Crippen LogP contribution >= 0.6 is 11.6 Å². The highest BCUT2D eigenvalue weighted by Crippen LogP contribution is 2.27. The molecule has 1 aliphatic rings. The van der Waals surface area contributed by atoms with Gasteiger partial charge in [0.2, 0.25) is 5.60 Å². The monoisotopic (exact) mass is 338 g/mol. The van der Waals surface area contributed by atoms with Gasteiger partial charge in [-0.1, -0.05) is 16.8 Å². The molecule has 0 aliphatic carbocycles. The summed E-state index contributed by atoms with van der Waals surface area (Å²) >= 11 is 6.03. The average Bonchev–Trinajstić information content (AvgIpc) is 2.81. The maximum absolute atomic E-state index is 12.4. The fraction of sp³-hybridized carbons (Fsp3) is 0.438. The molecule has 1 aromatic carbocycles. The lowest BCUT2D eigenvalue weighted by molar-refractivity contribution is -0.135. The van der Waals surface area contributed by atoms with Crippen LogP contribution in [0.25, 0.3) is 0 Å². The molecule has 124 valence electrons. The quantitative estimate of drug-likeness (QED) is 0.853. The Kier molecular flexibility index (Phi) is 4.94. The highest BCUT2D eigenvalue weighted by atomic mass is 35.5. The second kappa shape index (κ2) is 6.58. The normalized spacial score (nSPS) is 20.0. The summed E-state index contributed by atoms with van der Waals surface area (Å²) in [4.78, 5) is 29.6. The summed E-state index contributed by atoms with van der Waals surface area (Å²) in [6, 6.07) is 4.63. The minimum Gasteiger partial charge on any atom is -0.459 e. The van der Waals surface area contributed by atoms with Crippen molar-refractivity contribution in [2.24, 2.45) is 5.16 Å². The van der Waals surface area contributed by atoms with Crippen molar-refractivity contribution in [3.05, 3.63) is 28.8 Å². The lowest BCUT2D eigenvalue weighted by Crippen LogP contribution is -2.40. The Labute approximate surface area is 139 Å². The SMILES string of the molecule is CC1=NO[C@@](C)(C(=O)Nc2ccc(Cl)c(C(=O)OC(C)C)c2)C1. The standard InChI is InChI=1S/C16H19ClN2O4/c1-9(2)22-14(20)12-7-11(5-6-13(12)17)18-15(21)16(4)8-10(3)19-23-16/h5-7,9H,8H2,1-4H3,(H,18,21)/t16-/m1/s1. The van der Waals surface area contributed by atoms with Gasteiger partial charge in [-0.05, 0) is 45.9 Å². The van der Waals surface area contributed by atoms with Crippen molar-refractivity contribution >= 4 is 34.9 Å². The minimum atomic E-state index is -1.05. The third-order valence-corrected chi connectivity index (χ3v) is 3.59. The topological polar surface area (TPSA) is 77.0 Å². The molecule has 2 rings (SSSR count). The van der Waals surface area contributed by atoms with E-state index in [4.69, 9.17) is 21.2 Å². The van der Waals surface area contributed by atoms with Gasteiger partial charge in [0.15, 0.2) is 0 Å². The molecule has 23 heavy (non-hydrogen) atoms. The maximum atomic E-state index is 12.4. The van der Waals surface area contributed by atoms with Crippen LogP contribution in [0, 0.1) is 0 Å². The van der Waals surface area contributed by atoms with E-state index in [0.29, 0.717) is 12.1 Å². The molecule has 0 radical (unpaired) electrons. The Morgan fingerprint density at radius 3 is 2.70 bits per heavy atom. The highest BCUT2D eigenvalue weighted by molar-refractivity contribution is 6.33. The number of nitrogens with one attached hydrogen (secondary N) is 1. The molecule has 0 bridgehead atoms. The number of hydrogen-bond donors (Lipinski definition) is 1. The molecule has 6 nitrogen and oxygen atoms in total. The first kappa shape index (κ1) is 17.3. The number of esters is 1. The summed E-state index contributed by atoms with van der Waals surface area (Å²) in [7, 11) is 0. The Balaban J connectivity index is 2.15. The van der Waals surface area contributed by atoms with Crippen molar-refractivity contribution in [1.82, 2.24) is 0 Å². The lowest BCUT2D eigenvalue weighted by atomic mass is 9.99. The van der Waals surface area contributed by atoms with Crippen LogP contribution in [0.4, 0.5) is 5.69 Å². The molecule has 0 saturated carbocycles. The van der Waals surface area contributed by atoms with Gasteiger partial charge in [0.25, 0.3) is 5.91 Å². The van der Waals surface area contributed by atoms with E-state index in [1.807, 2.05) is 0 Å². The number of halogens is 1. The first-order valence-corrected chi connectivity index (χ1v) is 7.63. The van der Waals surface area contributed by atoms with Gasteiger partial charge >= 0.3 is 5.97 Å². The average molecular weight is 339 g/mol. The van der Waals surface area contributed by atoms with Crippen LogP contribution < -0.4 is 5.32 Å². The van der Waals surface area contributed by atoms with Gasteiger partial charge in [0.1, 0.15) is 0 Å². The minimum absolute atomic E-state index is 0.197. The molecule has 0 saturated heterocycles. The van der Waals surface area contributed by atoms with E-state index < -0.39 is 11.6 Å². The Hall–Kier alpha value is -2.08. The summed E-state index contributed by atoms with van der Waals surface area (Å²) in [5, 5.41) is 6.78. The zero-order valence-corrected chi connectivity index (χ0v) is 14.2. The first-order chi connectivity index (χ1) is 10.7. The molecule has 0 unspecified atom stereocenters. The lowest BCUT2D eigenvalue weighted by Gasteiger charge is -2.20. The molecule has 1 N–H and O–H groups in total. The molecule has 1 amide bonds. The van der Waals surface area contributed by atoms with E-state index >= 15 is 0 Å². The zero-order chi connectivity index (χ0) is 17.2. The second-order valence-electron chi connectivity index (χ2n) is 5.93. The van der Waals surface area contributed by atoms with Crippen molar-refractivity contribution in [3.63, 3.8) is 0 Å². The number of amides is 1. The molecule has 0 fully saturated rings. The number of hydrogen-bond acceptors (Lipinski definition) is 5. The van der Waals surface area contributed by atoms with Crippen molar-refractivity contribution in [2.75, 3.05) is 5.32 Å². The molecule has 1 atom stereocenters. The smallest absolute Gasteiger partial charge is 0.339 e. The van der Waals surface area contributed by atoms with Crippen molar-refractivity contribution in [1.29, 1.82) is 0 Å². The maximum Gasteiger partial charge on any atom is 0.339 e. The number of ether oxygens (including phenoxy) is 1. The zero-order valence-electron chi connectivity index (χ0n) is 13.5. The number of carbonyl (C=O) groups is 2. The van der Waals surface area contributed by atoms with E-state index in [1.165, 1.54) is 12.1 Å². The van der Waals surface area contributed by atoms with E-state index in [9.17, 15) is 9.59 Å². The summed E-state index contributed by atoms with van der Waals surface area (Å²) in [6.45, 7) is 6.95.